The molecule has 1 aliphatic carbocycles. The number of aliphatic hydroxyl groups is 1. The van der Waals surface area contributed by atoms with Crippen LogP contribution in [-0.2, 0) is 25.0 Å². The molecular formula is C20H22FN3O. The fourth-order valence-corrected chi connectivity index (χ4v) is 3.98. The van der Waals surface area contributed by atoms with Crippen molar-refractivity contribution in [3.8, 4) is 0 Å². The van der Waals surface area contributed by atoms with Crippen molar-refractivity contribution in [3.05, 3.63) is 65.2 Å². The smallest absolute Gasteiger partial charge is 0.125 e. The molecule has 3 aromatic rings. The highest BCUT2D eigenvalue weighted by atomic mass is 19.1. The zero-order valence-electron chi connectivity index (χ0n) is 14.3. The van der Waals surface area contributed by atoms with Crippen LogP contribution in [0.4, 0.5) is 4.39 Å². The summed E-state index contributed by atoms with van der Waals surface area (Å²) in [5.41, 5.74) is 3.63. The predicted molar refractivity (Wildman–Crippen MR) is 95.7 cm³/mol. The van der Waals surface area contributed by atoms with Gasteiger partial charge in [-0.15, -0.1) is 0 Å². The highest BCUT2D eigenvalue weighted by Crippen LogP contribution is 2.36. The van der Waals surface area contributed by atoms with Gasteiger partial charge in [0.2, 0.25) is 0 Å². The number of hydrogen-bond donors (Lipinski definition) is 2. The van der Waals surface area contributed by atoms with Crippen LogP contribution in [0.2, 0.25) is 0 Å². The molecule has 0 amide bonds. The van der Waals surface area contributed by atoms with E-state index in [4.69, 9.17) is 0 Å². The molecule has 0 bridgehead atoms. The van der Waals surface area contributed by atoms with E-state index in [0.29, 0.717) is 12.1 Å². The van der Waals surface area contributed by atoms with E-state index >= 15 is 0 Å². The molecule has 1 unspecified atom stereocenters. The second kappa shape index (κ2) is 6.24. The van der Waals surface area contributed by atoms with Gasteiger partial charge >= 0.3 is 0 Å². The Morgan fingerprint density at radius 1 is 1.28 bits per heavy atom. The number of rotatable bonds is 5. The highest BCUT2D eigenvalue weighted by Gasteiger charge is 2.37. The van der Waals surface area contributed by atoms with Gasteiger partial charge in [-0.1, -0.05) is 24.3 Å². The van der Waals surface area contributed by atoms with Gasteiger partial charge in [0.25, 0.3) is 0 Å². The lowest BCUT2D eigenvalue weighted by molar-refractivity contribution is 0.157. The zero-order valence-corrected chi connectivity index (χ0v) is 14.3. The van der Waals surface area contributed by atoms with Gasteiger partial charge < -0.3 is 9.67 Å². The first-order chi connectivity index (χ1) is 12.2. The summed E-state index contributed by atoms with van der Waals surface area (Å²) in [5.74, 6) is 0.588. The molecule has 5 heteroatoms. The molecule has 4 nitrogen and oxygen atoms in total. The van der Waals surface area contributed by atoms with Crippen LogP contribution >= 0.6 is 0 Å². The van der Waals surface area contributed by atoms with E-state index in [2.05, 4.69) is 33.9 Å². The van der Waals surface area contributed by atoms with Crippen molar-refractivity contribution in [2.24, 2.45) is 0 Å². The van der Waals surface area contributed by atoms with Crippen molar-refractivity contribution in [2.45, 2.75) is 38.4 Å². The van der Waals surface area contributed by atoms with Gasteiger partial charge in [-0.3, -0.25) is 5.32 Å². The van der Waals surface area contributed by atoms with Crippen molar-refractivity contribution in [3.63, 3.8) is 0 Å². The van der Waals surface area contributed by atoms with Crippen LogP contribution in [0.25, 0.3) is 11.0 Å². The minimum atomic E-state index is -0.432. The lowest BCUT2D eigenvalue weighted by Gasteiger charge is -2.29. The van der Waals surface area contributed by atoms with Gasteiger partial charge in [0, 0.05) is 12.6 Å². The zero-order chi connectivity index (χ0) is 17.4. The Morgan fingerprint density at radius 2 is 2.12 bits per heavy atom. The standard InChI is InChI=1S/C20H22FN3O/c1-2-24-18-8-7-15(21)11-17(18)23-19(24)12-22-20(13-25)10-9-14-5-3-4-6-16(14)20/h3-8,11,22,25H,2,9-10,12-13H2,1H3. The van der Waals surface area contributed by atoms with E-state index < -0.39 is 5.54 Å². The number of aliphatic hydroxyl groups excluding tert-OH is 1. The molecule has 0 spiro atoms. The molecule has 1 aromatic heterocycles. The molecule has 0 saturated carbocycles. The van der Waals surface area contributed by atoms with E-state index in [0.717, 1.165) is 30.7 Å². The van der Waals surface area contributed by atoms with E-state index in [-0.39, 0.29) is 12.4 Å². The fourth-order valence-electron chi connectivity index (χ4n) is 3.98. The van der Waals surface area contributed by atoms with Crippen LogP contribution < -0.4 is 5.32 Å². The SMILES string of the molecule is CCn1c(CNC2(CO)CCc3ccccc32)nc2cc(F)ccc21. The third-order valence-electron chi connectivity index (χ3n) is 5.31. The van der Waals surface area contributed by atoms with E-state index in [1.54, 1.807) is 6.07 Å². The van der Waals surface area contributed by atoms with Crippen LogP contribution in [0, 0.1) is 5.82 Å². The molecule has 130 valence electrons. The summed E-state index contributed by atoms with van der Waals surface area (Å²) in [6.07, 6.45) is 1.82. The Hall–Kier alpha value is -2.24. The molecule has 1 aliphatic rings. The normalized spacial score (nSPS) is 19.5. The number of imidazole rings is 1. The van der Waals surface area contributed by atoms with Crippen molar-refractivity contribution in [1.82, 2.24) is 14.9 Å². The lowest BCUT2D eigenvalue weighted by Crippen LogP contribution is -2.43. The third kappa shape index (κ3) is 2.64. The lowest BCUT2D eigenvalue weighted by atomic mass is 9.92. The minimum Gasteiger partial charge on any atom is -0.394 e. The van der Waals surface area contributed by atoms with Gasteiger partial charge in [-0.2, -0.15) is 0 Å². The average molecular weight is 339 g/mol. The molecule has 4 rings (SSSR count). The first kappa shape index (κ1) is 16.2. The predicted octanol–water partition coefficient (Wildman–Crippen LogP) is 3.12. The Morgan fingerprint density at radius 3 is 2.92 bits per heavy atom. The molecule has 1 heterocycles. The van der Waals surface area contributed by atoms with E-state index in [1.807, 2.05) is 12.1 Å². The van der Waals surface area contributed by atoms with Crippen molar-refractivity contribution in [1.29, 1.82) is 0 Å². The van der Waals surface area contributed by atoms with Crippen LogP contribution in [-0.4, -0.2) is 21.3 Å². The maximum atomic E-state index is 13.5. The number of aromatic nitrogens is 2. The second-order valence-electron chi connectivity index (χ2n) is 6.66. The highest BCUT2D eigenvalue weighted by molar-refractivity contribution is 5.76. The van der Waals surface area contributed by atoms with Crippen LogP contribution in [0.1, 0.15) is 30.3 Å². The molecule has 1 atom stereocenters. The summed E-state index contributed by atoms with van der Waals surface area (Å²) >= 11 is 0. The molecule has 0 aliphatic heterocycles. The molecule has 2 N–H and O–H groups in total. The van der Waals surface area contributed by atoms with Crippen molar-refractivity contribution in [2.75, 3.05) is 6.61 Å². The summed E-state index contributed by atoms with van der Waals surface area (Å²) in [4.78, 5) is 4.61. The number of benzene rings is 2. The average Bonchev–Trinajstić information content (AvgIpc) is 3.18. The van der Waals surface area contributed by atoms with Gasteiger partial charge in [-0.25, -0.2) is 9.37 Å². The number of halogens is 1. The van der Waals surface area contributed by atoms with Crippen molar-refractivity contribution >= 4 is 11.0 Å². The van der Waals surface area contributed by atoms with Gasteiger partial charge in [-0.05, 0) is 43.0 Å². The Labute approximate surface area is 146 Å². The summed E-state index contributed by atoms with van der Waals surface area (Å²) < 4.78 is 15.6. The van der Waals surface area contributed by atoms with Gasteiger partial charge in [0.05, 0.1) is 29.7 Å². The monoisotopic (exact) mass is 339 g/mol. The van der Waals surface area contributed by atoms with Gasteiger partial charge in [0.1, 0.15) is 11.6 Å². The maximum absolute atomic E-state index is 13.5. The maximum Gasteiger partial charge on any atom is 0.125 e. The first-order valence-corrected chi connectivity index (χ1v) is 8.76. The number of aryl methyl sites for hydroxylation is 2. The number of nitrogens with one attached hydrogen (secondary N) is 1. The minimum absolute atomic E-state index is 0.0466. The summed E-state index contributed by atoms with van der Waals surface area (Å²) in [5, 5.41) is 13.6. The molecule has 2 aromatic carbocycles. The van der Waals surface area contributed by atoms with E-state index in [1.165, 1.54) is 23.3 Å². The Balaban J connectivity index is 1.66. The summed E-state index contributed by atoms with van der Waals surface area (Å²) in [7, 11) is 0. The van der Waals surface area contributed by atoms with Crippen LogP contribution in [0.5, 0.6) is 0 Å². The van der Waals surface area contributed by atoms with Crippen molar-refractivity contribution < 1.29 is 9.50 Å². The van der Waals surface area contributed by atoms with E-state index in [9.17, 15) is 9.50 Å². The van der Waals surface area contributed by atoms with Gasteiger partial charge in [0.15, 0.2) is 0 Å². The summed E-state index contributed by atoms with van der Waals surface area (Å²) in [6, 6.07) is 13.0. The molecule has 0 fully saturated rings. The molecule has 25 heavy (non-hydrogen) atoms. The number of hydrogen-bond acceptors (Lipinski definition) is 3. The third-order valence-corrected chi connectivity index (χ3v) is 5.31. The molecular weight excluding hydrogens is 317 g/mol. The summed E-state index contributed by atoms with van der Waals surface area (Å²) in [6.45, 7) is 3.40. The quantitative estimate of drug-likeness (QED) is 0.751. The Bertz CT molecular complexity index is 920. The molecule has 0 radical (unpaired) electrons. The van der Waals surface area contributed by atoms with Crippen LogP contribution in [0.15, 0.2) is 42.5 Å². The largest absolute Gasteiger partial charge is 0.394 e. The first-order valence-electron chi connectivity index (χ1n) is 8.76. The number of fused-ring (bicyclic) bond motifs is 2. The Kier molecular flexibility index (Phi) is 4.06. The molecule has 0 saturated heterocycles. The van der Waals surface area contributed by atoms with Crippen LogP contribution in [0.3, 0.4) is 0 Å². The second-order valence-corrected chi connectivity index (χ2v) is 6.66. The number of nitrogens with zero attached hydrogens (tertiary/aromatic N) is 2. The topological polar surface area (TPSA) is 50.1 Å². The fraction of sp³-hybridized carbons (Fsp3) is 0.350.